The quantitative estimate of drug-likeness (QED) is 0.917. The highest BCUT2D eigenvalue weighted by atomic mass is 16.5. The number of rotatable bonds is 4. The smallest absolute Gasteiger partial charge is 0.278 e. The van der Waals surface area contributed by atoms with Crippen LogP contribution in [0, 0.1) is 6.92 Å². The molecule has 1 aromatic carbocycles. The Morgan fingerprint density at radius 3 is 2.53 bits per heavy atom. The molecule has 0 aliphatic rings. The molecule has 100 valence electrons. The predicted octanol–water partition coefficient (Wildman–Crippen LogP) is 3.02. The summed E-state index contributed by atoms with van der Waals surface area (Å²) in [7, 11) is 0. The molecule has 5 nitrogen and oxygen atoms in total. The molecule has 5 heteroatoms. The lowest BCUT2D eigenvalue weighted by Gasteiger charge is -2.10. The zero-order chi connectivity index (χ0) is 13.8. The molecule has 1 heterocycles. The molecule has 0 aliphatic carbocycles. The Morgan fingerprint density at radius 1 is 1.32 bits per heavy atom. The number of carbonyl (C=O) groups is 1. The highest BCUT2D eigenvalue weighted by Crippen LogP contribution is 2.17. The Kier molecular flexibility index (Phi) is 3.85. The number of anilines is 1. The van der Waals surface area contributed by atoms with Gasteiger partial charge < -0.3 is 14.6 Å². The summed E-state index contributed by atoms with van der Waals surface area (Å²) in [6, 6.07) is 7.19. The summed E-state index contributed by atoms with van der Waals surface area (Å²) < 4.78 is 10.3. The predicted molar refractivity (Wildman–Crippen MR) is 71.4 cm³/mol. The molecule has 1 N–H and O–H groups in total. The van der Waals surface area contributed by atoms with Crippen molar-refractivity contribution in [1.29, 1.82) is 0 Å². The van der Waals surface area contributed by atoms with E-state index in [1.165, 1.54) is 6.26 Å². The summed E-state index contributed by atoms with van der Waals surface area (Å²) in [5, 5.41) is 6.41. The highest BCUT2D eigenvalue weighted by molar-refractivity contribution is 6.03. The van der Waals surface area contributed by atoms with Crippen LogP contribution in [0.1, 0.15) is 29.9 Å². The van der Waals surface area contributed by atoms with Crippen LogP contribution in [0.25, 0.3) is 0 Å². The van der Waals surface area contributed by atoms with E-state index < -0.39 is 0 Å². The fourth-order valence-electron chi connectivity index (χ4n) is 1.59. The molecule has 1 aromatic heterocycles. The minimum atomic E-state index is -0.288. The van der Waals surface area contributed by atoms with E-state index in [2.05, 4.69) is 10.5 Å². The topological polar surface area (TPSA) is 64.4 Å². The second-order valence-corrected chi connectivity index (χ2v) is 4.49. The fraction of sp³-hybridized carbons (Fsp3) is 0.286. The average molecular weight is 260 g/mol. The van der Waals surface area contributed by atoms with Gasteiger partial charge in [-0.15, -0.1) is 0 Å². The van der Waals surface area contributed by atoms with E-state index in [9.17, 15) is 4.79 Å². The third-order valence-electron chi connectivity index (χ3n) is 2.45. The van der Waals surface area contributed by atoms with Gasteiger partial charge in [0.25, 0.3) is 5.91 Å². The van der Waals surface area contributed by atoms with E-state index in [0.717, 1.165) is 5.75 Å². The third-order valence-corrected chi connectivity index (χ3v) is 2.45. The molecule has 0 atom stereocenters. The van der Waals surface area contributed by atoms with Crippen LogP contribution in [-0.2, 0) is 0 Å². The molecule has 0 spiro atoms. The number of hydrogen-bond acceptors (Lipinski definition) is 4. The SMILES string of the molecule is Cc1conc1C(=O)Nc1ccc(OC(C)C)cc1. The van der Waals surface area contributed by atoms with Crippen LogP contribution in [0.3, 0.4) is 0 Å². The molecule has 2 rings (SSSR count). The standard InChI is InChI=1S/C14H16N2O3/c1-9(2)19-12-6-4-11(5-7-12)15-14(17)13-10(3)8-18-16-13/h4-9H,1-3H3,(H,15,17). The van der Waals surface area contributed by atoms with Crippen molar-refractivity contribution in [2.45, 2.75) is 26.9 Å². The van der Waals surface area contributed by atoms with Crippen molar-refractivity contribution in [1.82, 2.24) is 5.16 Å². The second-order valence-electron chi connectivity index (χ2n) is 4.49. The summed E-state index contributed by atoms with van der Waals surface area (Å²) in [5.74, 6) is 0.481. The molecule has 0 saturated heterocycles. The monoisotopic (exact) mass is 260 g/mol. The van der Waals surface area contributed by atoms with E-state index in [0.29, 0.717) is 16.9 Å². The zero-order valence-corrected chi connectivity index (χ0v) is 11.1. The van der Waals surface area contributed by atoms with E-state index in [-0.39, 0.29) is 12.0 Å². The lowest BCUT2D eigenvalue weighted by atomic mass is 10.2. The molecule has 19 heavy (non-hydrogen) atoms. The Bertz CT molecular complexity index is 558. The van der Waals surface area contributed by atoms with Gasteiger partial charge in [0.05, 0.1) is 6.10 Å². The molecule has 1 amide bonds. The van der Waals surface area contributed by atoms with Gasteiger partial charge in [-0.25, -0.2) is 0 Å². The van der Waals surface area contributed by atoms with E-state index in [4.69, 9.17) is 9.26 Å². The van der Waals surface area contributed by atoms with Gasteiger partial charge in [0.1, 0.15) is 12.0 Å². The molecule has 0 radical (unpaired) electrons. The average Bonchev–Trinajstić information content (AvgIpc) is 2.77. The first kappa shape index (κ1) is 13.1. The van der Waals surface area contributed by atoms with Crippen LogP contribution in [0.15, 0.2) is 35.1 Å². The molecular weight excluding hydrogens is 244 g/mol. The largest absolute Gasteiger partial charge is 0.491 e. The Hall–Kier alpha value is -2.30. The summed E-state index contributed by atoms with van der Waals surface area (Å²) in [6.07, 6.45) is 1.56. The maximum absolute atomic E-state index is 11.9. The van der Waals surface area contributed by atoms with E-state index in [1.54, 1.807) is 19.1 Å². The Balaban J connectivity index is 2.04. The number of hydrogen-bond donors (Lipinski definition) is 1. The first-order valence-electron chi connectivity index (χ1n) is 6.05. The first-order valence-corrected chi connectivity index (χ1v) is 6.05. The van der Waals surface area contributed by atoms with Gasteiger partial charge >= 0.3 is 0 Å². The lowest BCUT2D eigenvalue weighted by Crippen LogP contribution is -2.13. The zero-order valence-electron chi connectivity index (χ0n) is 11.1. The number of aromatic nitrogens is 1. The molecule has 0 unspecified atom stereocenters. The van der Waals surface area contributed by atoms with Crippen LogP contribution in [-0.4, -0.2) is 17.2 Å². The van der Waals surface area contributed by atoms with Crippen molar-refractivity contribution >= 4 is 11.6 Å². The van der Waals surface area contributed by atoms with Gasteiger partial charge in [0, 0.05) is 11.3 Å². The van der Waals surface area contributed by atoms with Crippen molar-refractivity contribution in [3.8, 4) is 5.75 Å². The Labute approximate surface area is 111 Å². The van der Waals surface area contributed by atoms with Crippen molar-refractivity contribution < 1.29 is 14.1 Å². The van der Waals surface area contributed by atoms with Crippen molar-refractivity contribution in [2.75, 3.05) is 5.32 Å². The number of ether oxygens (including phenoxy) is 1. The maximum Gasteiger partial charge on any atom is 0.278 e. The number of benzene rings is 1. The Morgan fingerprint density at radius 2 is 2.00 bits per heavy atom. The lowest BCUT2D eigenvalue weighted by molar-refractivity contribution is 0.101. The molecule has 0 bridgehead atoms. The molecule has 0 fully saturated rings. The van der Waals surface area contributed by atoms with Crippen LogP contribution >= 0.6 is 0 Å². The number of nitrogens with zero attached hydrogens (tertiary/aromatic N) is 1. The number of aryl methyl sites for hydroxylation is 1. The molecule has 0 aliphatic heterocycles. The van der Waals surface area contributed by atoms with Gasteiger partial charge in [0.15, 0.2) is 5.69 Å². The summed E-state index contributed by atoms with van der Waals surface area (Å²) in [5.41, 5.74) is 1.68. The van der Waals surface area contributed by atoms with Gasteiger partial charge in [-0.2, -0.15) is 0 Å². The number of amides is 1. The van der Waals surface area contributed by atoms with Gasteiger partial charge in [-0.05, 0) is 45.0 Å². The van der Waals surface area contributed by atoms with Gasteiger partial charge in [0.2, 0.25) is 0 Å². The van der Waals surface area contributed by atoms with E-state index >= 15 is 0 Å². The van der Waals surface area contributed by atoms with Gasteiger partial charge in [-0.3, -0.25) is 4.79 Å². The van der Waals surface area contributed by atoms with Crippen LogP contribution in [0.4, 0.5) is 5.69 Å². The number of carbonyl (C=O) groups excluding carboxylic acids is 1. The number of nitrogens with one attached hydrogen (secondary N) is 1. The van der Waals surface area contributed by atoms with Crippen LogP contribution < -0.4 is 10.1 Å². The second kappa shape index (κ2) is 5.56. The maximum atomic E-state index is 11.9. The third kappa shape index (κ3) is 3.34. The van der Waals surface area contributed by atoms with Crippen molar-refractivity contribution in [2.24, 2.45) is 0 Å². The summed E-state index contributed by atoms with van der Waals surface area (Å²) >= 11 is 0. The minimum Gasteiger partial charge on any atom is -0.491 e. The molecule has 2 aromatic rings. The van der Waals surface area contributed by atoms with Gasteiger partial charge in [-0.1, -0.05) is 5.16 Å². The highest BCUT2D eigenvalue weighted by Gasteiger charge is 2.13. The summed E-state index contributed by atoms with van der Waals surface area (Å²) in [6.45, 7) is 5.69. The van der Waals surface area contributed by atoms with Crippen LogP contribution in [0.2, 0.25) is 0 Å². The normalized spacial score (nSPS) is 10.5. The first-order chi connectivity index (χ1) is 9.06. The molecule has 0 saturated carbocycles. The fourth-order valence-corrected chi connectivity index (χ4v) is 1.59. The van der Waals surface area contributed by atoms with Crippen molar-refractivity contribution in [3.05, 3.63) is 41.8 Å². The summed E-state index contributed by atoms with van der Waals surface area (Å²) in [4.78, 5) is 11.9. The van der Waals surface area contributed by atoms with Crippen LogP contribution in [0.5, 0.6) is 5.75 Å². The van der Waals surface area contributed by atoms with Crippen molar-refractivity contribution in [3.63, 3.8) is 0 Å². The molecular formula is C14H16N2O3. The van der Waals surface area contributed by atoms with E-state index in [1.807, 2.05) is 26.0 Å². The minimum absolute atomic E-state index is 0.123.